The Morgan fingerprint density at radius 2 is 1.91 bits per heavy atom. The first kappa shape index (κ1) is 25.4. The first-order chi connectivity index (χ1) is 16.7. The highest BCUT2D eigenvalue weighted by atomic mass is 19.4. The summed E-state index contributed by atoms with van der Waals surface area (Å²) in [6, 6.07) is 3.55. The van der Waals surface area contributed by atoms with Crippen LogP contribution in [0.4, 0.5) is 23.4 Å². The molecule has 0 saturated carbocycles. The Bertz CT molecular complexity index is 1050. The number of hydrogen-bond donors (Lipinski definition) is 2. The minimum atomic E-state index is -4.76. The van der Waals surface area contributed by atoms with Crippen molar-refractivity contribution < 1.29 is 27.0 Å². The highest BCUT2D eigenvalue weighted by Gasteiger charge is 2.35. The molecule has 0 radical (unpaired) electrons. The van der Waals surface area contributed by atoms with E-state index in [0.29, 0.717) is 37.9 Å². The summed E-state index contributed by atoms with van der Waals surface area (Å²) in [5.74, 6) is -0.353. The van der Waals surface area contributed by atoms with Gasteiger partial charge in [-0.25, -0.2) is 14.4 Å². The van der Waals surface area contributed by atoms with Crippen LogP contribution in [0.1, 0.15) is 60.0 Å². The third-order valence-corrected chi connectivity index (χ3v) is 6.23. The maximum Gasteiger partial charge on any atom is 0.419 e. The Hall–Kier alpha value is -2.72. The highest BCUT2D eigenvalue weighted by Crippen LogP contribution is 2.36. The second kappa shape index (κ2) is 10.9. The standard InChI is InChI=1S/C25H30F4N4O2/c1-15(31-18-8-11-34-12-9-18)13-20-22(21-7-4-10-35-21)24(33-16(2)32-20)30-14-17-5-3-6-19(23(17)26)25(27,28)29/h3,5-6,18,21,31H,1,4,7-14H2,2H3,(H,30,32,33). The number of aryl methyl sites for hydroxylation is 1. The van der Waals surface area contributed by atoms with E-state index in [0.717, 1.165) is 48.7 Å². The zero-order valence-electron chi connectivity index (χ0n) is 19.7. The van der Waals surface area contributed by atoms with E-state index in [1.165, 1.54) is 12.1 Å². The Morgan fingerprint density at radius 1 is 1.14 bits per heavy atom. The van der Waals surface area contributed by atoms with Gasteiger partial charge in [-0.3, -0.25) is 0 Å². The molecule has 10 heteroatoms. The number of rotatable bonds is 8. The fourth-order valence-electron chi connectivity index (χ4n) is 4.55. The molecular weight excluding hydrogens is 464 g/mol. The normalized spacial score (nSPS) is 19.1. The lowest BCUT2D eigenvalue weighted by Gasteiger charge is -2.26. The van der Waals surface area contributed by atoms with Gasteiger partial charge in [0, 0.05) is 55.7 Å². The molecule has 0 aliphatic carbocycles. The summed E-state index contributed by atoms with van der Waals surface area (Å²) in [6.45, 7) is 7.78. The third kappa shape index (κ3) is 6.29. The van der Waals surface area contributed by atoms with Gasteiger partial charge >= 0.3 is 6.18 Å². The Kier molecular flexibility index (Phi) is 7.91. The van der Waals surface area contributed by atoms with Crippen molar-refractivity contribution in [3.8, 4) is 0 Å². The van der Waals surface area contributed by atoms with Crippen molar-refractivity contribution in [2.45, 2.75) is 63.9 Å². The number of benzene rings is 1. The number of alkyl halides is 3. The molecule has 0 amide bonds. The van der Waals surface area contributed by atoms with E-state index in [9.17, 15) is 17.6 Å². The predicted molar refractivity (Wildman–Crippen MR) is 123 cm³/mol. The largest absolute Gasteiger partial charge is 0.419 e. The molecule has 2 aromatic rings. The predicted octanol–water partition coefficient (Wildman–Crippen LogP) is 5.23. The summed E-state index contributed by atoms with van der Waals surface area (Å²) in [6.07, 6.45) is -1.13. The minimum Gasteiger partial charge on any atom is -0.386 e. The molecule has 35 heavy (non-hydrogen) atoms. The van der Waals surface area contributed by atoms with Gasteiger partial charge in [0.15, 0.2) is 0 Å². The molecule has 1 aromatic heterocycles. The van der Waals surface area contributed by atoms with E-state index in [1.54, 1.807) is 6.92 Å². The summed E-state index contributed by atoms with van der Waals surface area (Å²) < 4.78 is 65.3. The number of anilines is 1. The summed E-state index contributed by atoms with van der Waals surface area (Å²) >= 11 is 0. The SMILES string of the molecule is C=C(Cc1nc(C)nc(NCc2cccc(C(F)(F)F)c2F)c1C1CCCO1)NC1CCOCC1. The van der Waals surface area contributed by atoms with Gasteiger partial charge in [0.2, 0.25) is 0 Å². The second-order valence-electron chi connectivity index (χ2n) is 8.92. The van der Waals surface area contributed by atoms with Crippen molar-refractivity contribution in [1.82, 2.24) is 15.3 Å². The topological polar surface area (TPSA) is 68.3 Å². The quantitative estimate of drug-likeness (QED) is 0.490. The van der Waals surface area contributed by atoms with Gasteiger partial charge in [-0.05, 0) is 38.7 Å². The number of aromatic nitrogens is 2. The van der Waals surface area contributed by atoms with Crippen LogP contribution in [0.5, 0.6) is 0 Å². The smallest absolute Gasteiger partial charge is 0.386 e. The molecule has 2 aliphatic rings. The first-order valence-corrected chi connectivity index (χ1v) is 11.8. The number of allylic oxidation sites excluding steroid dienone is 1. The Labute approximate surface area is 202 Å². The Morgan fingerprint density at radius 3 is 2.60 bits per heavy atom. The van der Waals surface area contributed by atoms with Crippen molar-refractivity contribution in [3.05, 3.63) is 64.5 Å². The maximum atomic E-state index is 14.6. The van der Waals surface area contributed by atoms with Crippen LogP contribution >= 0.6 is 0 Å². The van der Waals surface area contributed by atoms with Crippen molar-refractivity contribution in [3.63, 3.8) is 0 Å². The van der Waals surface area contributed by atoms with Crippen LogP contribution in [0.2, 0.25) is 0 Å². The van der Waals surface area contributed by atoms with Crippen LogP contribution in [0.3, 0.4) is 0 Å². The number of nitrogens with zero attached hydrogens (tertiary/aromatic N) is 2. The third-order valence-electron chi connectivity index (χ3n) is 6.23. The molecule has 0 spiro atoms. The molecule has 2 N–H and O–H groups in total. The lowest BCUT2D eigenvalue weighted by Crippen LogP contribution is -2.34. The van der Waals surface area contributed by atoms with Crippen molar-refractivity contribution in [2.24, 2.45) is 0 Å². The molecule has 3 heterocycles. The molecule has 2 fully saturated rings. The number of hydrogen-bond acceptors (Lipinski definition) is 6. The zero-order valence-corrected chi connectivity index (χ0v) is 19.7. The maximum absolute atomic E-state index is 14.6. The fourth-order valence-corrected chi connectivity index (χ4v) is 4.55. The fraction of sp³-hybridized carbons (Fsp3) is 0.520. The summed E-state index contributed by atoms with van der Waals surface area (Å²) in [7, 11) is 0. The van der Waals surface area contributed by atoms with E-state index in [-0.39, 0.29) is 24.3 Å². The molecule has 1 aromatic carbocycles. The molecule has 1 atom stereocenters. The van der Waals surface area contributed by atoms with Crippen LogP contribution in [0.15, 0.2) is 30.5 Å². The van der Waals surface area contributed by atoms with Crippen molar-refractivity contribution >= 4 is 5.82 Å². The molecule has 190 valence electrons. The van der Waals surface area contributed by atoms with E-state index < -0.39 is 17.6 Å². The number of ether oxygens (including phenoxy) is 2. The van der Waals surface area contributed by atoms with Gasteiger partial charge in [-0.15, -0.1) is 0 Å². The average molecular weight is 495 g/mol. The van der Waals surface area contributed by atoms with Crippen LogP contribution in [-0.4, -0.2) is 35.8 Å². The van der Waals surface area contributed by atoms with Crippen LogP contribution in [0, 0.1) is 12.7 Å². The molecule has 2 aliphatic heterocycles. The first-order valence-electron chi connectivity index (χ1n) is 11.8. The second-order valence-corrected chi connectivity index (χ2v) is 8.92. The molecule has 2 saturated heterocycles. The monoisotopic (exact) mass is 494 g/mol. The summed E-state index contributed by atoms with van der Waals surface area (Å²) in [4.78, 5) is 9.15. The van der Waals surface area contributed by atoms with E-state index in [1.807, 2.05) is 0 Å². The minimum absolute atomic E-state index is 0.0958. The molecule has 1 unspecified atom stereocenters. The lowest BCUT2D eigenvalue weighted by atomic mass is 10.0. The van der Waals surface area contributed by atoms with Gasteiger partial charge in [0.05, 0.1) is 17.4 Å². The molecular formula is C25H30F4N4O2. The van der Waals surface area contributed by atoms with Crippen molar-refractivity contribution in [2.75, 3.05) is 25.1 Å². The van der Waals surface area contributed by atoms with Crippen LogP contribution < -0.4 is 10.6 Å². The van der Waals surface area contributed by atoms with Crippen molar-refractivity contribution in [1.29, 1.82) is 0 Å². The molecule has 6 nitrogen and oxygen atoms in total. The summed E-state index contributed by atoms with van der Waals surface area (Å²) in [5, 5.41) is 6.51. The summed E-state index contributed by atoms with van der Waals surface area (Å²) in [5.41, 5.74) is 0.910. The van der Waals surface area contributed by atoms with Gasteiger partial charge in [-0.2, -0.15) is 13.2 Å². The van der Waals surface area contributed by atoms with Gasteiger partial charge in [-0.1, -0.05) is 18.7 Å². The lowest BCUT2D eigenvalue weighted by molar-refractivity contribution is -0.140. The Balaban J connectivity index is 1.58. The van der Waals surface area contributed by atoms with Crippen LogP contribution in [-0.2, 0) is 28.6 Å². The van der Waals surface area contributed by atoms with Crippen LogP contribution in [0.25, 0.3) is 0 Å². The highest BCUT2D eigenvalue weighted by molar-refractivity contribution is 5.50. The zero-order chi connectivity index (χ0) is 25.0. The van der Waals surface area contributed by atoms with E-state index >= 15 is 0 Å². The van der Waals surface area contributed by atoms with Gasteiger partial charge in [0.1, 0.15) is 17.5 Å². The van der Waals surface area contributed by atoms with E-state index in [2.05, 4.69) is 27.2 Å². The molecule has 0 bridgehead atoms. The van der Waals surface area contributed by atoms with Gasteiger partial charge in [0.25, 0.3) is 0 Å². The van der Waals surface area contributed by atoms with E-state index in [4.69, 9.17) is 9.47 Å². The molecule has 4 rings (SSSR count). The average Bonchev–Trinajstić information content (AvgIpc) is 3.32. The number of halogens is 4. The number of nitrogens with one attached hydrogen (secondary N) is 2. The van der Waals surface area contributed by atoms with Gasteiger partial charge < -0.3 is 20.1 Å².